The van der Waals surface area contributed by atoms with Gasteiger partial charge >= 0.3 is 0 Å². The maximum atomic E-state index is 2.62. The van der Waals surface area contributed by atoms with Gasteiger partial charge in [0.05, 0.1) is 0 Å². The van der Waals surface area contributed by atoms with Crippen molar-refractivity contribution in [2.45, 2.75) is 65.7 Å². The van der Waals surface area contributed by atoms with Gasteiger partial charge in [0.25, 0.3) is 0 Å². The molecule has 0 N–H and O–H groups in total. The van der Waals surface area contributed by atoms with Crippen molar-refractivity contribution in [1.82, 2.24) is 0 Å². The molecule has 1 unspecified atom stereocenters. The van der Waals surface area contributed by atoms with E-state index in [2.05, 4.69) is 32.9 Å². The maximum absolute atomic E-state index is 2.62. The number of rotatable bonds is 0. The Morgan fingerprint density at radius 1 is 0.941 bits per heavy atom. The molecule has 0 aliphatic heterocycles. The number of allylic oxidation sites excluding steroid dienone is 2. The Morgan fingerprint density at radius 2 is 1.71 bits per heavy atom. The van der Waals surface area contributed by atoms with Crippen LogP contribution in [0.15, 0.2) is 12.2 Å². The van der Waals surface area contributed by atoms with Crippen molar-refractivity contribution in [1.29, 1.82) is 0 Å². The predicted molar refractivity (Wildman–Crippen MR) is 73.8 cm³/mol. The lowest BCUT2D eigenvalue weighted by atomic mass is 9.46. The highest BCUT2D eigenvalue weighted by molar-refractivity contribution is 5.14. The molecular formula is C17H28. The van der Waals surface area contributed by atoms with E-state index in [1.807, 2.05) is 0 Å². The van der Waals surface area contributed by atoms with E-state index in [9.17, 15) is 0 Å². The second-order valence-electron chi connectivity index (χ2n) is 7.71. The number of fused-ring (bicyclic) bond motifs is 3. The molecule has 0 bridgehead atoms. The highest BCUT2D eigenvalue weighted by Crippen LogP contribution is 2.61. The van der Waals surface area contributed by atoms with E-state index in [1.54, 1.807) is 0 Å². The van der Waals surface area contributed by atoms with Crippen molar-refractivity contribution in [3.05, 3.63) is 12.2 Å². The van der Waals surface area contributed by atoms with Gasteiger partial charge in [0, 0.05) is 0 Å². The molecule has 3 aliphatic rings. The van der Waals surface area contributed by atoms with Gasteiger partial charge in [-0.3, -0.25) is 0 Å². The van der Waals surface area contributed by atoms with Crippen LogP contribution in [0.1, 0.15) is 65.7 Å². The van der Waals surface area contributed by atoms with Crippen LogP contribution in [-0.2, 0) is 0 Å². The van der Waals surface area contributed by atoms with Crippen molar-refractivity contribution >= 4 is 0 Å². The van der Waals surface area contributed by atoms with Crippen molar-refractivity contribution in [3.8, 4) is 0 Å². The van der Waals surface area contributed by atoms with Gasteiger partial charge in [-0.1, -0.05) is 52.2 Å². The van der Waals surface area contributed by atoms with Crippen LogP contribution in [0.2, 0.25) is 0 Å². The van der Waals surface area contributed by atoms with Crippen LogP contribution in [-0.4, -0.2) is 0 Å². The average Bonchev–Trinajstić information content (AvgIpc) is 2.28. The fraction of sp³-hybridized carbons (Fsp3) is 0.882. The van der Waals surface area contributed by atoms with Crippen LogP contribution in [0.25, 0.3) is 0 Å². The molecule has 0 nitrogen and oxygen atoms in total. The van der Waals surface area contributed by atoms with Gasteiger partial charge in [-0.05, 0) is 54.3 Å². The first kappa shape index (κ1) is 11.8. The summed E-state index contributed by atoms with van der Waals surface area (Å²) in [6, 6.07) is 0. The van der Waals surface area contributed by atoms with Crippen molar-refractivity contribution in [2.24, 2.45) is 28.6 Å². The molecule has 0 heterocycles. The molecule has 0 heteroatoms. The molecular weight excluding hydrogens is 204 g/mol. The fourth-order valence-electron chi connectivity index (χ4n) is 5.64. The second kappa shape index (κ2) is 3.87. The SMILES string of the molecule is CC1(C)C=CCC2(C)[C@H]3CCCC[C@@H]3CC[C@@H]12. The maximum Gasteiger partial charge on any atom is -0.0141 e. The van der Waals surface area contributed by atoms with E-state index < -0.39 is 0 Å². The lowest BCUT2D eigenvalue weighted by Gasteiger charge is -2.58. The molecule has 2 fully saturated rings. The third-order valence-electron chi connectivity index (χ3n) is 6.38. The molecule has 0 aromatic heterocycles. The molecule has 0 aromatic carbocycles. The molecule has 0 radical (unpaired) electrons. The van der Waals surface area contributed by atoms with Gasteiger partial charge in [-0.25, -0.2) is 0 Å². The topological polar surface area (TPSA) is 0 Å². The minimum atomic E-state index is 0.440. The minimum absolute atomic E-state index is 0.440. The molecule has 0 saturated heterocycles. The van der Waals surface area contributed by atoms with E-state index in [4.69, 9.17) is 0 Å². The Kier molecular flexibility index (Phi) is 2.69. The first-order valence-electron chi connectivity index (χ1n) is 7.72. The summed E-state index contributed by atoms with van der Waals surface area (Å²) >= 11 is 0. The number of hydrogen-bond acceptors (Lipinski definition) is 0. The molecule has 0 spiro atoms. The largest absolute Gasteiger partial charge is 0.0874 e. The Hall–Kier alpha value is -0.260. The summed E-state index contributed by atoms with van der Waals surface area (Å²) < 4.78 is 0. The Labute approximate surface area is 107 Å². The molecule has 4 atom stereocenters. The van der Waals surface area contributed by atoms with E-state index in [0.29, 0.717) is 10.8 Å². The van der Waals surface area contributed by atoms with E-state index in [-0.39, 0.29) is 0 Å². The van der Waals surface area contributed by atoms with Crippen molar-refractivity contribution in [2.75, 3.05) is 0 Å². The monoisotopic (exact) mass is 232 g/mol. The Bertz CT molecular complexity index is 325. The highest BCUT2D eigenvalue weighted by atomic mass is 14.6. The third-order valence-corrected chi connectivity index (χ3v) is 6.38. The summed E-state index contributed by atoms with van der Waals surface area (Å²) in [5, 5.41) is 0. The quantitative estimate of drug-likeness (QED) is 0.504. The molecule has 96 valence electrons. The van der Waals surface area contributed by atoms with E-state index in [1.165, 1.54) is 44.9 Å². The van der Waals surface area contributed by atoms with Crippen LogP contribution in [0, 0.1) is 28.6 Å². The van der Waals surface area contributed by atoms with Gasteiger partial charge in [0.1, 0.15) is 0 Å². The van der Waals surface area contributed by atoms with Gasteiger partial charge < -0.3 is 0 Å². The molecule has 0 amide bonds. The van der Waals surface area contributed by atoms with Crippen LogP contribution >= 0.6 is 0 Å². The molecule has 3 aliphatic carbocycles. The smallest absolute Gasteiger partial charge is 0.0141 e. The highest BCUT2D eigenvalue weighted by Gasteiger charge is 2.53. The van der Waals surface area contributed by atoms with Crippen molar-refractivity contribution in [3.63, 3.8) is 0 Å². The standard InChI is InChI=1S/C17H28/c1-16(2)11-6-12-17(3)14-8-5-4-7-13(14)9-10-15(16)17/h6,11,13-15H,4-5,7-10,12H2,1-3H3/t13-,14+,15+,17?/m1/s1. The zero-order chi connectivity index (χ0) is 12.1. The second-order valence-corrected chi connectivity index (χ2v) is 7.71. The Morgan fingerprint density at radius 3 is 2.53 bits per heavy atom. The summed E-state index contributed by atoms with van der Waals surface area (Å²) in [6.07, 6.45) is 15.4. The lowest BCUT2D eigenvalue weighted by Crippen LogP contribution is -2.50. The Balaban J connectivity index is 1.95. The van der Waals surface area contributed by atoms with Gasteiger partial charge in [-0.2, -0.15) is 0 Å². The van der Waals surface area contributed by atoms with Crippen LogP contribution in [0.5, 0.6) is 0 Å². The van der Waals surface area contributed by atoms with E-state index in [0.717, 1.165) is 17.8 Å². The summed E-state index contributed by atoms with van der Waals surface area (Å²) in [7, 11) is 0. The zero-order valence-corrected chi connectivity index (χ0v) is 11.8. The van der Waals surface area contributed by atoms with Crippen LogP contribution in [0.3, 0.4) is 0 Å². The normalized spacial score (nSPS) is 48.3. The summed E-state index contributed by atoms with van der Waals surface area (Å²) in [5.41, 5.74) is 1.05. The summed E-state index contributed by atoms with van der Waals surface area (Å²) in [5.74, 6) is 3.02. The minimum Gasteiger partial charge on any atom is -0.0874 e. The molecule has 3 rings (SSSR count). The van der Waals surface area contributed by atoms with Gasteiger partial charge in [0.15, 0.2) is 0 Å². The molecule has 17 heavy (non-hydrogen) atoms. The fourth-order valence-corrected chi connectivity index (χ4v) is 5.64. The van der Waals surface area contributed by atoms with Crippen LogP contribution < -0.4 is 0 Å². The summed E-state index contributed by atoms with van der Waals surface area (Å²) in [4.78, 5) is 0. The van der Waals surface area contributed by atoms with Gasteiger partial charge in [0.2, 0.25) is 0 Å². The zero-order valence-electron chi connectivity index (χ0n) is 11.8. The average molecular weight is 232 g/mol. The first-order chi connectivity index (χ1) is 8.04. The molecule has 2 saturated carbocycles. The van der Waals surface area contributed by atoms with Gasteiger partial charge in [-0.15, -0.1) is 0 Å². The lowest BCUT2D eigenvalue weighted by molar-refractivity contribution is -0.0684. The first-order valence-corrected chi connectivity index (χ1v) is 7.72. The molecule has 0 aromatic rings. The van der Waals surface area contributed by atoms with E-state index >= 15 is 0 Å². The third kappa shape index (κ3) is 1.71. The number of hydrogen-bond donors (Lipinski definition) is 0. The van der Waals surface area contributed by atoms with Crippen molar-refractivity contribution < 1.29 is 0 Å². The predicted octanol–water partition coefficient (Wildman–Crippen LogP) is 5.20. The summed E-state index contributed by atoms with van der Waals surface area (Å²) in [6.45, 7) is 7.55. The van der Waals surface area contributed by atoms with Crippen LogP contribution in [0.4, 0.5) is 0 Å².